The Labute approximate surface area is 152 Å². The fourth-order valence-corrected chi connectivity index (χ4v) is 2.12. The Morgan fingerprint density at radius 3 is 1.84 bits per heavy atom. The van der Waals surface area contributed by atoms with Crippen molar-refractivity contribution in [1.82, 2.24) is 16.0 Å². The second-order valence-corrected chi connectivity index (χ2v) is 6.66. The van der Waals surface area contributed by atoms with Crippen molar-refractivity contribution in [2.24, 2.45) is 11.7 Å². The second kappa shape index (κ2) is 10.9. The summed E-state index contributed by atoms with van der Waals surface area (Å²) in [6.07, 6.45) is 0.310. The molecular weight excluding hydrogens is 348 g/mol. The van der Waals surface area contributed by atoms with Gasteiger partial charge in [0.2, 0.25) is 17.7 Å². The normalized spacial score (nSPS) is 15.6. The van der Waals surface area contributed by atoms with E-state index in [1.54, 1.807) is 0 Å². The first kappa shape index (κ1) is 23.2. The molecule has 0 aliphatic carbocycles. The van der Waals surface area contributed by atoms with Crippen molar-refractivity contribution in [1.29, 1.82) is 0 Å². The number of carbonyl (C=O) groups is 4. The van der Waals surface area contributed by atoms with Crippen LogP contribution >= 0.6 is 12.6 Å². The van der Waals surface area contributed by atoms with E-state index in [1.807, 2.05) is 13.8 Å². The van der Waals surface area contributed by atoms with Gasteiger partial charge in [-0.1, -0.05) is 13.8 Å². The highest BCUT2D eigenvalue weighted by Gasteiger charge is 2.28. The Balaban J connectivity index is 4.97. The summed E-state index contributed by atoms with van der Waals surface area (Å²) in [5, 5.41) is 16.3. The number of carbonyl (C=O) groups excluding carboxylic acids is 3. The molecule has 0 bridgehead atoms. The summed E-state index contributed by atoms with van der Waals surface area (Å²) in [4.78, 5) is 47.1. The fraction of sp³-hybridized carbons (Fsp3) is 0.733. The van der Waals surface area contributed by atoms with Crippen LogP contribution < -0.4 is 21.7 Å². The van der Waals surface area contributed by atoms with E-state index < -0.39 is 47.9 Å². The fourth-order valence-electron chi connectivity index (χ4n) is 1.87. The summed E-state index contributed by atoms with van der Waals surface area (Å²) >= 11 is 3.88. The van der Waals surface area contributed by atoms with Crippen LogP contribution in [0.4, 0.5) is 0 Å². The minimum absolute atomic E-state index is 0.0734. The van der Waals surface area contributed by atoms with E-state index in [0.29, 0.717) is 6.42 Å². The summed E-state index contributed by atoms with van der Waals surface area (Å²) in [6.45, 7) is 6.67. The molecule has 3 amide bonds. The predicted octanol–water partition coefficient (Wildman–Crippen LogP) is -1.13. The first-order valence-electron chi connectivity index (χ1n) is 7.99. The molecule has 0 aromatic heterocycles. The Hall–Kier alpha value is -1.81. The monoisotopic (exact) mass is 376 g/mol. The van der Waals surface area contributed by atoms with Gasteiger partial charge >= 0.3 is 5.97 Å². The number of carboxylic acids is 1. The SMILES string of the molecule is CC(C)CC(NC(=O)C(C)NC(=O)C(C)N)C(=O)NC(CS)C(=O)O. The summed E-state index contributed by atoms with van der Waals surface area (Å²) in [7, 11) is 0. The number of hydrogen-bond donors (Lipinski definition) is 6. The molecule has 144 valence electrons. The van der Waals surface area contributed by atoms with Gasteiger partial charge in [-0.15, -0.1) is 0 Å². The molecule has 0 rings (SSSR count). The van der Waals surface area contributed by atoms with Gasteiger partial charge in [0.15, 0.2) is 0 Å². The zero-order valence-corrected chi connectivity index (χ0v) is 15.8. The van der Waals surface area contributed by atoms with Crippen LogP contribution in [0.1, 0.15) is 34.1 Å². The third-order valence-corrected chi connectivity index (χ3v) is 3.67. The van der Waals surface area contributed by atoms with E-state index >= 15 is 0 Å². The molecule has 4 atom stereocenters. The average molecular weight is 376 g/mol. The summed E-state index contributed by atoms with van der Waals surface area (Å²) in [5.41, 5.74) is 5.43. The molecule has 10 heteroatoms. The Morgan fingerprint density at radius 1 is 0.920 bits per heavy atom. The van der Waals surface area contributed by atoms with Crippen LogP contribution in [0.5, 0.6) is 0 Å². The van der Waals surface area contributed by atoms with E-state index in [1.165, 1.54) is 13.8 Å². The van der Waals surface area contributed by atoms with Gasteiger partial charge in [-0.25, -0.2) is 4.79 Å². The number of thiol groups is 1. The number of hydrogen-bond acceptors (Lipinski definition) is 6. The van der Waals surface area contributed by atoms with Gasteiger partial charge in [-0.05, 0) is 26.2 Å². The van der Waals surface area contributed by atoms with E-state index in [9.17, 15) is 19.2 Å². The van der Waals surface area contributed by atoms with Crippen LogP contribution in [-0.2, 0) is 19.2 Å². The molecule has 0 heterocycles. The van der Waals surface area contributed by atoms with Gasteiger partial charge in [0, 0.05) is 5.75 Å². The van der Waals surface area contributed by atoms with Gasteiger partial charge in [0.25, 0.3) is 0 Å². The van der Waals surface area contributed by atoms with E-state index in [2.05, 4.69) is 28.6 Å². The predicted molar refractivity (Wildman–Crippen MR) is 96.1 cm³/mol. The number of aliphatic carboxylic acids is 1. The zero-order chi connectivity index (χ0) is 19.7. The van der Waals surface area contributed by atoms with E-state index in [4.69, 9.17) is 10.8 Å². The molecule has 25 heavy (non-hydrogen) atoms. The van der Waals surface area contributed by atoms with Gasteiger partial charge in [0.05, 0.1) is 6.04 Å². The number of rotatable bonds is 10. The molecule has 0 saturated carbocycles. The first-order chi connectivity index (χ1) is 11.5. The topological polar surface area (TPSA) is 151 Å². The highest BCUT2D eigenvalue weighted by Crippen LogP contribution is 2.06. The maximum atomic E-state index is 12.3. The molecule has 0 saturated heterocycles. The van der Waals surface area contributed by atoms with Gasteiger partial charge in [-0.2, -0.15) is 12.6 Å². The number of nitrogens with two attached hydrogens (primary N) is 1. The lowest BCUT2D eigenvalue weighted by Gasteiger charge is -2.24. The molecule has 0 aliphatic rings. The van der Waals surface area contributed by atoms with Crippen LogP contribution in [-0.4, -0.2) is 58.7 Å². The van der Waals surface area contributed by atoms with Crippen molar-refractivity contribution in [3.63, 3.8) is 0 Å². The molecule has 0 aromatic carbocycles. The third kappa shape index (κ3) is 8.73. The standard InChI is InChI=1S/C15H28N4O5S/c1-7(2)5-10(14(22)19-11(6-25)15(23)24)18-13(21)9(4)17-12(20)8(3)16/h7-11,25H,5-6,16H2,1-4H3,(H,17,20)(H,18,21)(H,19,22)(H,23,24). The Bertz CT molecular complexity index is 498. The minimum Gasteiger partial charge on any atom is -0.480 e. The molecule has 6 N–H and O–H groups in total. The summed E-state index contributed by atoms with van der Waals surface area (Å²) < 4.78 is 0. The lowest BCUT2D eigenvalue weighted by Crippen LogP contribution is -2.56. The van der Waals surface area contributed by atoms with Crippen molar-refractivity contribution >= 4 is 36.3 Å². The van der Waals surface area contributed by atoms with E-state index in [0.717, 1.165) is 0 Å². The summed E-state index contributed by atoms with van der Waals surface area (Å²) in [5.74, 6) is -2.89. The van der Waals surface area contributed by atoms with Crippen molar-refractivity contribution in [3.05, 3.63) is 0 Å². The Kier molecular flexibility index (Phi) is 10.1. The average Bonchev–Trinajstić information content (AvgIpc) is 2.50. The number of amides is 3. The molecule has 0 spiro atoms. The van der Waals surface area contributed by atoms with Crippen molar-refractivity contribution in [2.75, 3.05) is 5.75 Å². The number of carboxylic acid groups (broad SMARTS) is 1. The Morgan fingerprint density at radius 2 is 1.44 bits per heavy atom. The van der Waals surface area contributed by atoms with Crippen molar-refractivity contribution in [2.45, 2.75) is 58.3 Å². The maximum Gasteiger partial charge on any atom is 0.327 e. The van der Waals surface area contributed by atoms with Crippen LogP contribution in [0.2, 0.25) is 0 Å². The van der Waals surface area contributed by atoms with Gasteiger partial charge < -0.3 is 26.8 Å². The zero-order valence-electron chi connectivity index (χ0n) is 14.9. The molecule has 0 aromatic rings. The maximum absolute atomic E-state index is 12.3. The smallest absolute Gasteiger partial charge is 0.327 e. The summed E-state index contributed by atoms with van der Waals surface area (Å²) in [6, 6.07) is -3.74. The van der Waals surface area contributed by atoms with Crippen LogP contribution in [0.25, 0.3) is 0 Å². The van der Waals surface area contributed by atoms with Gasteiger partial charge in [-0.3, -0.25) is 14.4 Å². The van der Waals surface area contributed by atoms with Crippen molar-refractivity contribution in [3.8, 4) is 0 Å². The minimum atomic E-state index is -1.21. The first-order valence-corrected chi connectivity index (χ1v) is 8.63. The lowest BCUT2D eigenvalue weighted by atomic mass is 10.0. The third-order valence-electron chi connectivity index (χ3n) is 3.30. The quantitative estimate of drug-likeness (QED) is 0.266. The molecule has 9 nitrogen and oxygen atoms in total. The van der Waals surface area contributed by atoms with Crippen molar-refractivity contribution < 1.29 is 24.3 Å². The molecule has 0 aliphatic heterocycles. The van der Waals surface area contributed by atoms with Crippen LogP contribution in [0.3, 0.4) is 0 Å². The highest BCUT2D eigenvalue weighted by atomic mass is 32.1. The van der Waals surface area contributed by atoms with Gasteiger partial charge in [0.1, 0.15) is 18.1 Å². The van der Waals surface area contributed by atoms with Crippen LogP contribution in [0.15, 0.2) is 0 Å². The lowest BCUT2D eigenvalue weighted by molar-refractivity contribution is -0.141. The second-order valence-electron chi connectivity index (χ2n) is 6.29. The van der Waals surface area contributed by atoms with E-state index in [-0.39, 0.29) is 11.7 Å². The molecule has 0 radical (unpaired) electrons. The highest BCUT2D eigenvalue weighted by molar-refractivity contribution is 7.80. The largest absolute Gasteiger partial charge is 0.480 e. The molecular formula is C15H28N4O5S. The van der Waals surface area contributed by atoms with Crippen LogP contribution in [0, 0.1) is 5.92 Å². The molecule has 0 fully saturated rings. The molecule has 4 unspecified atom stereocenters. The number of nitrogens with one attached hydrogen (secondary N) is 3.